The van der Waals surface area contributed by atoms with Crippen LogP contribution < -0.4 is 9.47 Å². The summed E-state index contributed by atoms with van der Waals surface area (Å²) in [6.07, 6.45) is 0.316. The van der Waals surface area contributed by atoms with Crippen LogP contribution in [0.4, 0.5) is 0 Å². The number of phenolic OH excluding ortho intramolecular Hbond substituents is 1. The molecule has 2 heterocycles. The molecule has 7 nitrogen and oxygen atoms in total. The minimum Gasteiger partial charge on any atom is -0.507 e. The lowest BCUT2D eigenvalue weighted by atomic mass is 10.1. The van der Waals surface area contributed by atoms with Crippen LogP contribution in [0.2, 0.25) is 0 Å². The zero-order valence-electron chi connectivity index (χ0n) is 15.3. The number of hydrogen-bond donors (Lipinski definition) is 1. The van der Waals surface area contributed by atoms with Gasteiger partial charge in [-0.1, -0.05) is 30.0 Å². The zero-order valence-corrected chi connectivity index (χ0v) is 16.1. The molecule has 0 amide bonds. The number of aromatic hydroxyl groups is 1. The Labute approximate surface area is 166 Å². The summed E-state index contributed by atoms with van der Waals surface area (Å²) in [6.45, 7) is 2.83. The number of Topliss-reactive ketones (excluding diaryl/α,β-unsaturated/α-hetero) is 1. The van der Waals surface area contributed by atoms with Crippen molar-refractivity contribution in [2.75, 3.05) is 12.5 Å². The van der Waals surface area contributed by atoms with Crippen LogP contribution in [-0.4, -0.2) is 38.2 Å². The van der Waals surface area contributed by atoms with Gasteiger partial charge in [0.15, 0.2) is 22.5 Å². The minimum atomic E-state index is 0.0821. The summed E-state index contributed by atoms with van der Waals surface area (Å²) < 4.78 is 12.5. The Bertz CT molecular complexity index is 1020. The Kier molecular flexibility index (Phi) is 5.21. The smallest absolute Gasteiger partial charge is 0.231 e. The molecule has 2 aromatic carbocycles. The Morgan fingerprint density at radius 2 is 2.00 bits per heavy atom. The highest BCUT2D eigenvalue weighted by Crippen LogP contribution is 2.33. The van der Waals surface area contributed by atoms with Gasteiger partial charge in [0, 0.05) is 13.0 Å². The second kappa shape index (κ2) is 7.93. The zero-order chi connectivity index (χ0) is 19.5. The molecule has 0 radical (unpaired) electrons. The molecule has 144 valence electrons. The van der Waals surface area contributed by atoms with Crippen LogP contribution in [0.5, 0.6) is 17.2 Å². The van der Waals surface area contributed by atoms with Crippen molar-refractivity contribution in [1.82, 2.24) is 14.8 Å². The highest BCUT2D eigenvalue weighted by Gasteiger charge is 2.18. The molecule has 0 saturated heterocycles. The van der Waals surface area contributed by atoms with Gasteiger partial charge in [-0.2, -0.15) is 0 Å². The summed E-state index contributed by atoms with van der Waals surface area (Å²) in [5.41, 5.74) is 1.51. The fourth-order valence-corrected chi connectivity index (χ4v) is 3.88. The average molecular weight is 397 g/mol. The van der Waals surface area contributed by atoms with Gasteiger partial charge in [-0.05, 0) is 36.8 Å². The third kappa shape index (κ3) is 3.68. The Hall–Kier alpha value is -3.00. The number of hydrogen-bond acceptors (Lipinski definition) is 7. The number of ketones is 1. The van der Waals surface area contributed by atoms with Crippen molar-refractivity contribution in [3.8, 4) is 28.6 Å². The van der Waals surface area contributed by atoms with Crippen LogP contribution in [0, 0.1) is 0 Å². The van der Waals surface area contributed by atoms with Crippen LogP contribution >= 0.6 is 11.8 Å². The summed E-state index contributed by atoms with van der Waals surface area (Å²) in [5, 5.41) is 19.2. The lowest BCUT2D eigenvalue weighted by molar-refractivity contribution is -0.116. The standard InChI is InChI=1S/C20H19N3O4S/c1-2-23-19(15-5-3-4-6-16(15)25)21-22-20(23)28-11-14(24)9-13-7-8-17-18(10-13)27-12-26-17/h3-8,10,25H,2,9,11-12H2,1H3. The fourth-order valence-electron chi connectivity index (χ4n) is 3.02. The average Bonchev–Trinajstić information content (AvgIpc) is 3.32. The summed E-state index contributed by atoms with van der Waals surface area (Å²) >= 11 is 1.35. The molecule has 0 saturated carbocycles. The fraction of sp³-hybridized carbons (Fsp3) is 0.250. The molecule has 0 atom stereocenters. The van der Waals surface area contributed by atoms with Crippen molar-refractivity contribution >= 4 is 17.5 Å². The minimum absolute atomic E-state index is 0.0821. The molecule has 0 fully saturated rings. The van der Waals surface area contributed by atoms with E-state index in [0.29, 0.717) is 41.0 Å². The first kappa shape index (κ1) is 18.4. The summed E-state index contributed by atoms with van der Waals surface area (Å²) in [5.74, 6) is 2.49. The topological polar surface area (TPSA) is 86.5 Å². The molecule has 4 rings (SSSR count). The highest BCUT2D eigenvalue weighted by molar-refractivity contribution is 7.99. The van der Waals surface area contributed by atoms with Gasteiger partial charge in [-0.3, -0.25) is 4.79 Å². The summed E-state index contributed by atoms with van der Waals surface area (Å²) in [6, 6.07) is 12.6. The highest BCUT2D eigenvalue weighted by atomic mass is 32.2. The van der Waals surface area contributed by atoms with E-state index in [0.717, 1.165) is 5.56 Å². The van der Waals surface area contributed by atoms with E-state index in [1.165, 1.54) is 11.8 Å². The third-order valence-corrected chi connectivity index (χ3v) is 5.41. The number of fused-ring (bicyclic) bond motifs is 1. The molecule has 1 N–H and O–H groups in total. The van der Waals surface area contributed by atoms with E-state index in [9.17, 15) is 9.90 Å². The van der Waals surface area contributed by atoms with Crippen LogP contribution in [0.25, 0.3) is 11.4 Å². The molecule has 1 aromatic heterocycles. The van der Waals surface area contributed by atoms with Gasteiger partial charge in [-0.15, -0.1) is 10.2 Å². The number of carbonyl (C=O) groups excluding carboxylic acids is 1. The molecule has 0 spiro atoms. The number of rotatable bonds is 7. The predicted octanol–water partition coefficient (Wildman–Crippen LogP) is 3.30. The number of nitrogens with zero attached hydrogens (tertiary/aromatic N) is 3. The van der Waals surface area contributed by atoms with E-state index in [-0.39, 0.29) is 24.1 Å². The number of para-hydroxylation sites is 1. The largest absolute Gasteiger partial charge is 0.507 e. The number of phenols is 1. The first-order valence-electron chi connectivity index (χ1n) is 8.90. The van der Waals surface area contributed by atoms with Crippen LogP contribution in [0.15, 0.2) is 47.6 Å². The molecule has 0 unspecified atom stereocenters. The number of benzene rings is 2. The van der Waals surface area contributed by atoms with Gasteiger partial charge in [0.1, 0.15) is 11.5 Å². The Morgan fingerprint density at radius 1 is 1.18 bits per heavy atom. The number of carbonyl (C=O) groups is 1. The van der Waals surface area contributed by atoms with Gasteiger partial charge in [0.05, 0.1) is 11.3 Å². The van der Waals surface area contributed by atoms with Crippen molar-refractivity contribution in [3.05, 3.63) is 48.0 Å². The van der Waals surface area contributed by atoms with Gasteiger partial charge in [0.2, 0.25) is 6.79 Å². The molecule has 8 heteroatoms. The van der Waals surface area contributed by atoms with E-state index in [1.807, 2.05) is 35.8 Å². The first-order chi connectivity index (χ1) is 13.7. The maximum absolute atomic E-state index is 12.4. The second-order valence-electron chi connectivity index (χ2n) is 6.26. The van der Waals surface area contributed by atoms with Gasteiger partial charge >= 0.3 is 0 Å². The molecule has 3 aromatic rings. The van der Waals surface area contributed by atoms with E-state index >= 15 is 0 Å². The van der Waals surface area contributed by atoms with Crippen molar-refractivity contribution in [1.29, 1.82) is 0 Å². The molecule has 28 heavy (non-hydrogen) atoms. The number of aromatic nitrogens is 3. The van der Waals surface area contributed by atoms with E-state index < -0.39 is 0 Å². The predicted molar refractivity (Wildman–Crippen MR) is 105 cm³/mol. The van der Waals surface area contributed by atoms with Crippen molar-refractivity contribution < 1.29 is 19.4 Å². The SMILES string of the molecule is CCn1c(SCC(=O)Cc2ccc3c(c2)OCO3)nnc1-c1ccccc1O. The molecular weight excluding hydrogens is 378 g/mol. The van der Waals surface area contributed by atoms with E-state index in [4.69, 9.17) is 9.47 Å². The van der Waals surface area contributed by atoms with Gasteiger partial charge in [0.25, 0.3) is 0 Å². The molecule has 1 aliphatic heterocycles. The van der Waals surface area contributed by atoms with Crippen LogP contribution in [0.1, 0.15) is 12.5 Å². The lowest BCUT2D eigenvalue weighted by Crippen LogP contribution is -2.07. The molecule has 0 bridgehead atoms. The van der Waals surface area contributed by atoms with Crippen LogP contribution in [0.3, 0.4) is 0 Å². The molecule has 0 aliphatic carbocycles. The maximum Gasteiger partial charge on any atom is 0.231 e. The van der Waals surface area contributed by atoms with Crippen molar-refractivity contribution in [3.63, 3.8) is 0 Å². The van der Waals surface area contributed by atoms with Gasteiger partial charge in [-0.25, -0.2) is 0 Å². The lowest BCUT2D eigenvalue weighted by Gasteiger charge is -2.08. The second-order valence-corrected chi connectivity index (χ2v) is 7.20. The number of thioether (sulfide) groups is 1. The van der Waals surface area contributed by atoms with Crippen molar-refractivity contribution in [2.45, 2.75) is 25.0 Å². The molecule has 1 aliphatic rings. The normalized spacial score (nSPS) is 12.3. The summed E-state index contributed by atoms with van der Waals surface area (Å²) in [4.78, 5) is 12.4. The first-order valence-corrected chi connectivity index (χ1v) is 9.89. The number of ether oxygens (including phenoxy) is 2. The maximum atomic E-state index is 12.4. The van der Waals surface area contributed by atoms with Gasteiger partial charge < -0.3 is 19.1 Å². The van der Waals surface area contributed by atoms with Crippen molar-refractivity contribution in [2.24, 2.45) is 0 Å². The Morgan fingerprint density at radius 3 is 2.82 bits per heavy atom. The third-order valence-electron chi connectivity index (χ3n) is 4.38. The quantitative estimate of drug-likeness (QED) is 0.612. The monoisotopic (exact) mass is 397 g/mol. The molecular formula is C20H19N3O4S. The van der Waals surface area contributed by atoms with E-state index in [2.05, 4.69) is 10.2 Å². The van der Waals surface area contributed by atoms with Crippen LogP contribution in [-0.2, 0) is 17.8 Å². The Balaban J connectivity index is 1.43. The van der Waals surface area contributed by atoms with E-state index in [1.54, 1.807) is 18.2 Å². The summed E-state index contributed by atoms with van der Waals surface area (Å²) in [7, 11) is 0.